The van der Waals surface area contributed by atoms with Gasteiger partial charge in [0.15, 0.2) is 0 Å². The molecule has 0 saturated heterocycles. The van der Waals surface area contributed by atoms with Crippen LogP contribution in [-0.2, 0) is 13.2 Å². The number of para-hydroxylation sites is 1. The molecule has 2 aromatic rings. The summed E-state index contributed by atoms with van der Waals surface area (Å²) in [7, 11) is 0. The fourth-order valence-corrected chi connectivity index (χ4v) is 2.04. The first-order valence-corrected chi connectivity index (χ1v) is 7.34. The van der Waals surface area contributed by atoms with Gasteiger partial charge in [0.2, 0.25) is 0 Å². The number of hydrogen-bond donors (Lipinski definition) is 1. The highest BCUT2D eigenvalue weighted by molar-refractivity contribution is 5.56. The summed E-state index contributed by atoms with van der Waals surface area (Å²) in [5.41, 5.74) is 2.22. The first-order valence-electron chi connectivity index (χ1n) is 7.34. The van der Waals surface area contributed by atoms with Gasteiger partial charge in [0.05, 0.1) is 6.26 Å². The van der Waals surface area contributed by atoms with Crippen molar-refractivity contribution in [1.82, 2.24) is 5.32 Å². The van der Waals surface area contributed by atoms with E-state index in [2.05, 4.69) is 19.2 Å². The normalized spacial score (nSPS) is 11.4. The molecular formula is C18H23NO2. The molecule has 112 valence electrons. The number of benzene rings is 1. The molecule has 0 aliphatic heterocycles. The third-order valence-electron chi connectivity index (χ3n) is 3.16. The lowest BCUT2D eigenvalue weighted by Crippen LogP contribution is -2.22. The molecule has 0 spiro atoms. The van der Waals surface area contributed by atoms with Crippen LogP contribution in [-0.4, -0.2) is 6.04 Å². The second-order valence-electron chi connectivity index (χ2n) is 5.23. The lowest BCUT2D eigenvalue weighted by Gasteiger charge is -2.10. The molecule has 0 atom stereocenters. The van der Waals surface area contributed by atoms with Crippen LogP contribution in [0.3, 0.4) is 0 Å². The number of allylic oxidation sites excluding steroid dienone is 1. The Balaban J connectivity index is 2.02. The minimum atomic E-state index is 0.441. The van der Waals surface area contributed by atoms with E-state index in [1.165, 1.54) is 0 Å². The SMILES string of the molecule is CC=Cc1ccccc1OCc1occc1CNC(C)C. The van der Waals surface area contributed by atoms with Gasteiger partial charge in [0.25, 0.3) is 0 Å². The van der Waals surface area contributed by atoms with Gasteiger partial charge >= 0.3 is 0 Å². The Kier molecular flexibility index (Phi) is 5.64. The monoisotopic (exact) mass is 285 g/mol. The lowest BCUT2D eigenvalue weighted by molar-refractivity contribution is 0.267. The van der Waals surface area contributed by atoms with Gasteiger partial charge in [0, 0.05) is 23.7 Å². The van der Waals surface area contributed by atoms with Crippen LogP contribution >= 0.6 is 0 Å². The molecule has 0 amide bonds. The third kappa shape index (κ3) is 4.50. The van der Waals surface area contributed by atoms with Crippen LogP contribution in [0.15, 0.2) is 47.1 Å². The van der Waals surface area contributed by atoms with Gasteiger partial charge in [-0.3, -0.25) is 0 Å². The van der Waals surface area contributed by atoms with E-state index < -0.39 is 0 Å². The molecule has 1 N–H and O–H groups in total. The largest absolute Gasteiger partial charge is 0.485 e. The van der Waals surface area contributed by atoms with Crippen LogP contribution in [0.1, 0.15) is 37.7 Å². The van der Waals surface area contributed by atoms with E-state index in [9.17, 15) is 0 Å². The number of hydrogen-bond acceptors (Lipinski definition) is 3. The lowest BCUT2D eigenvalue weighted by atomic mass is 10.2. The Labute approximate surface area is 126 Å². The zero-order valence-corrected chi connectivity index (χ0v) is 12.9. The third-order valence-corrected chi connectivity index (χ3v) is 3.16. The Morgan fingerprint density at radius 1 is 1.24 bits per heavy atom. The van der Waals surface area contributed by atoms with Gasteiger partial charge in [-0.15, -0.1) is 0 Å². The summed E-state index contributed by atoms with van der Waals surface area (Å²) in [6.07, 6.45) is 5.76. The second kappa shape index (κ2) is 7.70. The highest BCUT2D eigenvalue weighted by Crippen LogP contribution is 2.22. The van der Waals surface area contributed by atoms with Gasteiger partial charge in [-0.2, -0.15) is 0 Å². The fraction of sp³-hybridized carbons (Fsp3) is 0.333. The van der Waals surface area contributed by atoms with E-state index in [-0.39, 0.29) is 0 Å². The first kappa shape index (κ1) is 15.4. The maximum absolute atomic E-state index is 5.91. The summed E-state index contributed by atoms with van der Waals surface area (Å²) in [5.74, 6) is 1.74. The number of furan rings is 1. The molecule has 3 nitrogen and oxygen atoms in total. The molecule has 0 bridgehead atoms. The standard InChI is InChI=1S/C18H23NO2/c1-4-7-15-8-5-6-9-17(15)21-13-18-16(10-11-20-18)12-19-14(2)3/h4-11,14,19H,12-13H2,1-3H3. The van der Waals surface area contributed by atoms with Gasteiger partial charge in [0.1, 0.15) is 18.1 Å². The molecule has 3 heteroatoms. The molecule has 0 unspecified atom stereocenters. The van der Waals surface area contributed by atoms with Crippen molar-refractivity contribution in [2.45, 2.75) is 40.0 Å². The van der Waals surface area contributed by atoms with Crippen LogP contribution in [0.4, 0.5) is 0 Å². The van der Waals surface area contributed by atoms with Crippen molar-refractivity contribution in [1.29, 1.82) is 0 Å². The number of rotatable bonds is 7. The molecule has 0 radical (unpaired) electrons. The van der Waals surface area contributed by atoms with Crippen LogP contribution < -0.4 is 10.1 Å². The van der Waals surface area contributed by atoms with Crippen molar-refractivity contribution in [2.24, 2.45) is 0 Å². The van der Waals surface area contributed by atoms with Gasteiger partial charge < -0.3 is 14.5 Å². The summed E-state index contributed by atoms with van der Waals surface area (Å²) in [5, 5.41) is 3.39. The van der Waals surface area contributed by atoms with Crippen molar-refractivity contribution in [3.05, 3.63) is 59.6 Å². The summed E-state index contributed by atoms with van der Waals surface area (Å²) in [4.78, 5) is 0. The molecule has 21 heavy (non-hydrogen) atoms. The molecule has 1 aromatic heterocycles. The predicted molar refractivity (Wildman–Crippen MR) is 86.2 cm³/mol. The number of ether oxygens (including phenoxy) is 1. The van der Waals surface area contributed by atoms with Gasteiger partial charge in [-0.1, -0.05) is 44.2 Å². The zero-order chi connectivity index (χ0) is 15.1. The average Bonchev–Trinajstić information content (AvgIpc) is 2.92. The minimum Gasteiger partial charge on any atom is -0.485 e. The minimum absolute atomic E-state index is 0.441. The maximum Gasteiger partial charge on any atom is 0.146 e. The van der Waals surface area contributed by atoms with Crippen LogP contribution in [0.2, 0.25) is 0 Å². The van der Waals surface area contributed by atoms with Crippen molar-refractivity contribution in [2.75, 3.05) is 0 Å². The molecule has 2 rings (SSSR count). The Bertz CT molecular complexity index is 584. The summed E-state index contributed by atoms with van der Waals surface area (Å²) < 4.78 is 11.4. The molecule has 0 saturated carbocycles. The fourth-order valence-electron chi connectivity index (χ4n) is 2.04. The second-order valence-corrected chi connectivity index (χ2v) is 5.23. The average molecular weight is 285 g/mol. The highest BCUT2D eigenvalue weighted by Gasteiger charge is 2.08. The maximum atomic E-state index is 5.91. The topological polar surface area (TPSA) is 34.4 Å². The molecule has 1 heterocycles. The summed E-state index contributed by atoms with van der Waals surface area (Å²) in [6.45, 7) is 7.49. The van der Waals surface area contributed by atoms with E-state index in [1.54, 1.807) is 6.26 Å². The molecule has 0 aliphatic rings. The van der Waals surface area contributed by atoms with E-state index >= 15 is 0 Å². The predicted octanol–water partition coefficient (Wildman–Crippen LogP) is 4.39. The van der Waals surface area contributed by atoms with Gasteiger partial charge in [-0.05, 0) is 19.1 Å². The highest BCUT2D eigenvalue weighted by atomic mass is 16.5. The van der Waals surface area contributed by atoms with E-state index in [1.807, 2.05) is 49.4 Å². The van der Waals surface area contributed by atoms with Crippen molar-refractivity contribution >= 4 is 6.08 Å². The zero-order valence-electron chi connectivity index (χ0n) is 12.9. The van der Waals surface area contributed by atoms with E-state index in [0.717, 1.165) is 29.2 Å². The smallest absolute Gasteiger partial charge is 0.146 e. The Morgan fingerprint density at radius 2 is 2.05 bits per heavy atom. The van der Waals surface area contributed by atoms with Crippen LogP contribution in [0.5, 0.6) is 5.75 Å². The number of nitrogens with one attached hydrogen (secondary N) is 1. The molecule has 1 aromatic carbocycles. The molecule has 0 aliphatic carbocycles. The van der Waals surface area contributed by atoms with Crippen LogP contribution in [0, 0.1) is 0 Å². The van der Waals surface area contributed by atoms with Crippen molar-refractivity contribution in [3.63, 3.8) is 0 Å². The van der Waals surface area contributed by atoms with Crippen molar-refractivity contribution in [3.8, 4) is 5.75 Å². The van der Waals surface area contributed by atoms with E-state index in [4.69, 9.17) is 9.15 Å². The van der Waals surface area contributed by atoms with Crippen LogP contribution in [0.25, 0.3) is 6.08 Å². The van der Waals surface area contributed by atoms with E-state index in [0.29, 0.717) is 12.6 Å². The molecular weight excluding hydrogens is 262 g/mol. The first-order chi connectivity index (χ1) is 10.2. The quantitative estimate of drug-likeness (QED) is 0.819. The Morgan fingerprint density at radius 3 is 2.81 bits per heavy atom. The van der Waals surface area contributed by atoms with Gasteiger partial charge in [-0.25, -0.2) is 0 Å². The van der Waals surface area contributed by atoms with Crippen molar-refractivity contribution < 1.29 is 9.15 Å². The Hall–Kier alpha value is -2.00. The summed E-state index contributed by atoms with van der Waals surface area (Å²) in [6, 6.07) is 10.4. The molecule has 0 fully saturated rings. The summed E-state index contributed by atoms with van der Waals surface area (Å²) >= 11 is 0.